The Morgan fingerprint density at radius 2 is 1.75 bits per heavy atom. The summed E-state index contributed by atoms with van der Waals surface area (Å²) in [6.45, 7) is 4.43. The molecule has 1 aliphatic carbocycles. The standard InChI is InChI=1S/C25H25F2NO4/c1-24(2)13-32-25(9-7-14(8-10-25)23(30)31)21-20-18(11-16(27)12-19(20)29)28(22(21)24)17-5-3-15(26)4-6-17/h3-6,11-12,14,29H,7-10,13H2,1-2H3,(H,30,31)/t14-,25+. The van der Waals surface area contributed by atoms with E-state index in [4.69, 9.17) is 4.74 Å². The topological polar surface area (TPSA) is 71.7 Å². The SMILES string of the molecule is CC1(C)CO[C@]2(CC[C@@H](C(=O)O)CC2)c2c1n(-c1ccc(F)cc1)c1cc(F)cc(O)c12. The van der Waals surface area contributed by atoms with Gasteiger partial charge in [-0.05, 0) is 56.0 Å². The average molecular weight is 441 g/mol. The number of carboxylic acid groups (broad SMARTS) is 1. The Labute approximate surface area is 184 Å². The van der Waals surface area contributed by atoms with E-state index in [1.165, 1.54) is 18.2 Å². The van der Waals surface area contributed by atoms with Gasteiger partial charge in [-0.2, -0.15) is 0 Å². The summed E-state index contributed by atoms with van der Waals surface area (Å²) in [4.78, 5) is 11.5. The number of rotatable bonds is 2. The van der Waals surface area contributed by atoms with Crippen LogP contribution in [-0.4, -0.2) is 27.4 Å². The summed E-state index contributed by atoms with van der Waals surface area (Å²) >= 11 is 0. The highest BCUT2D eigenvalue weighted by atomic mass is 19.1. The molecule has 1 aromatic heterocycles. The second kappa shape index (κ2) is 7.04. The molecule has 1 saturated carbocycles. The Balaban J connectivity index is 1.84. The van der Waals surface area contributed by atoms with Gasteiger partial charge in [-0.15, -0.1) is 0 Å². The van der Waals surface area contributed by atoms with Gasteiger partial charge >= 0.3 is 5.97 Å². The van der Waals surface area contributed by atoms with Gasteiger partial charge in [0.1, 0.15) is 17.4 Å². The van der Waals surface area contributed by atoms with Crippen molar-refractivity contribution in [1.29, 1.82) is 0 Å². The Kier molecular flexibility index (Phi) is 4.60. The van der Waals surface area contributed by atoms with Crippen molar-refractivity contribution >= 4 is 16.9 Å². The molecule has 0 radical (unpaired) electrons. The van der Waals surface area contributed by atoms with Crippen molar-refractivity contribution in [2.24, 2.45) is 5.92 Å². The third kappa shape index (κ3) is 3.02. The predicted molar refractivity (Wildman–Crippen MR) is 115 cm³/mol. The van der Waals surface area contributed by atoms with Crippen molar-refractivity contribution in [2.45, 2.75) is 50.5 Å². The van der Waals surface area contributed by atoms with E-state index in [2.05, 4.69) is 0 Å². The number of hydrogen-bond donors (Lipinski definition) is 2. The highest BCUT2D eigenvalue weighted by Gasteiger charge is 2.50. The van der Waals surface area contributed by atoms with Crippen LogP contribution < -0.4 is 0 Å². The Hall–Kier alpha value is -2.93. The molecule has 1 fully saturated rings. The third-order valence-corrected chi connectivity index (χ3v) is 7.05. The molecular weight excluding hydrogens is 416 g/mol. The molecule has 0 unspecified atom stereocenters. The molecule has 1 spiro atoms. The number of carbonyl (C=O) groups is 1. The van der Waals surface area contributed by atoms with Crippen molar-refractivity contribution in [3.8, 4) is 11.4 Å². The minimum absolute atomic E-state index is 0.182. The number of carboxylic acids is 1. The largest absolute Gasteiger partial charge is 0.507 e. The van der Waals surface area contributed by atoms with Crippen LogP contribution >= 0.6 is 0 Å². The number of nitrogens with zero attached hydrogens (tertiary/aromatic N) is 1. The van der Waals surface area contributed by atoms with Crippen LogP contribution in [0.3, 0.4) is 0 Å². The van der Waals surface area contributed by atoms with Gasteiger partial charge in [0.2, 0.25) is 0 Å². The zero-order valence-corrected chi connectivity index (χ0v) is 18.0. The lowest BCUT2D eigenvalue weighted by Crippen LogP contribution is -2.46. The summed E-state index contributed by atoms with van der Waals surface area (Å²) in [5, 5.41) is 20.8. The van der Waals surface area contributed by atoms with E-state index in [9.17, 15) is 23.8 Å². The maximum Gasteiger partial charge on any atom is 0.306 e. The summed E-state index contributed by atoms with van der Waals surface area (Å²) in [5.41, 5.74) is 1.55. The zero-order chi connectivity index (χ0) is 22.8. The number of aromatic hydroxyl groups is 1. The van der Waals surface area contributed by atoms with Crippen molar-refractivity contribution in [2.75, 3.05) is 6.61 Å². The van der Waals surface area contributed by atoms with Crippen molar-refractivity contribution in [1.82, 2.24) is 4.57 Å². The van der Waals surface area contributed by atoms with Gasteiger partial charge in [-0.1, -0.05) is 13.8 Å². The highest BCUT2D eigenvalue weighted by molar-refractivity contribution is 5.94. The lowest BCUT2D eigenvalue weighted by Gasteiger charge is -2.47. The third-order valence-electron chi connectivity index (χ3n) is 7.05. The minimum atomic E-state index is -0.810. The monoisotopic (exact) mass is 441 g/mol. The van der Waals surface area contributed by atoms with E-state index < -0.39 is 28.7 Å². The minimum Gasteiger partial charge on any atom is -0.507 e. The molecule has 5 rings (SSSR count). The maximum absolute atomic E-state index is 14.5. The summed E-state index contributed by atoms with van der Waals surface area (Å²) in [5.74, 6) is -2.37. The van der Waals surface area contributed by atoms with Crippen LogP contribution in [0.4, 0.5) is 8.78 Å². The first-order valence-corrected chi connectivity index (χ1v) is 10.8. The molecule has 1 aliphatic heterocycles. The van der Waals surface area contributed by atoms with Crippen LogP contribution in [0.5, 0.6) is 5.75 Å². The van der Waals surface area contributed by atoms with Crippen molar-refractivity contribution in [3.05, 3.63) is 59.3 Å². The molecule has 5 nitrogen and oxygen atoms in total. The number of fused-ring (bicyclic) bond motifs is 4. The zero-order valence-electron chi connectivity index (χ0n) is 18.0. The molecule has 168 valence electrons. The quantitative estimate of drug-likeness (QED) is 0.559. The fourth-order valence-electron chi connectivity index (χ4n) is 5.49. The van der Waals surface area contributed by atoms with E-state index in [0.717, 1.165) is 17.3 Å². The van der Waals surface area contributed by atoms with Gasteiger partial charge in [0, 0.05) is 33.8 Å². The van der Waals surface area contributed by atoms with E-state index in [1.807, 2.05) is 18.4 Å². The molecule has 0 saturated heterocycles. The van der Waals surface area contributed by atoms with Crippen LogP contribution in [0.2, 0.25) is 0 Å². The summed E-state index contributed by atoms with van der Waals surface area (Å²) in [6, 6.07) is 8.45. The second-order valence-electron chi connectivity index (χ2n) is 9.63. The first kappa shape index (κ1) is 20.9. The normalized spacial score (nSPS) is 24.6. The number of aromatic nitrogens is 1. The van der Waals surface area contributed by atoms with Gasteiger partial charge in [0.05, 0.1) is 23.6 Å². The summed E-state index contributed by atoms with van der Waals surface area (Å²) < 4.78 is 36.5. The number of halogens is 2. The first-order valence-electron chi connectivity index (χ1n) is 10.8. The average Bonchev–Trinajstić information content (AvgIpc) is 3.10. The second-order valence-corrected chi connectivity index (χ2v) is 9.63. The first-order chi connectivity index (χ1) is 15.1. The van der Waals surface area contributed by atoms with Crippen molar-refractivity contribution in [3.63, 3.8) is 0 Å². The smallest absolute Gasteiger partial charge is 0.306 e. The van der Waals surface area contributed by atoms with Gasteiger partial charge < -0.3 is 19.5 Å². The molecule has 0 amide bonds. The van der Waals surface area contributed by atoms with Crippen LogP contribution in [0.1, 0.15) is 50.8 Å². The lowest BCUT2D eigenvalue weighted by atomic mass is 9.69. The fraction of sp³-hybridized carbons (Fsp3) is 0.400. The molecule has 3 aromatic rings. The van der Waals surface area contributed by atoms with Gasteiger partial charge in [0.25, 0.3) is 0 Å². The molecule has 32 heavy (non-hydrogen) atoms. The van der Waals surface area contributed by atoms with Gasteiger partial charge in [0.15, 0.2) is 0 Å². The summed E-state index contributed by atoms with van der Waals surface area (Å²) in [6.07, 6.45) is 1.90. The van der Waals surface area contributed by atoms with Gasteiger partial charge in [-0.25, -0.2) is 8.78 Å². The van der Waals surface area contributed by atoms with E-state index in [1.54, 1.807) is 12.1 Å². The number of hydrogen-bond acceptors (Lipinski definition) is 3. The predicted octanol–water partition coefficient (Wildman–Crippen LogP) is 5.39. The molecule has 7 heteroatoms. The molecule has 2 heterocycles. The number of phenols is 1. The van der Waals surface area contributed by atoms with Crippen LogP contribution in [-0.2, 0) is 20.5 Å². The van der Waals surface area contributed by atoms with Crippen LogP contribution in [0.25, 0.3) is 16.6 Å². The molecule has 0 atom stereocenters. The number of aliphatic carboxylic acids is 1. The number of phenolic OH excluding ortho intramolecular Hbond substituents is 1. The van der Waals surface area contributed by atoms with E-state index in [-0.39, 0.29) is 11.6 Å². The number of ether oxygens (including phenoxy) is 1. The molecule has 2 aliphatic rings. The maximum atomic E-state index is 14.5. The fourth-order valence-corrected chi connectivity index (χ4v) is 5.49. The molecule has 2 N–H and O–H groups in total. The molecule has 2 aromatic carbocycles. The van der Waals surface area contributed by atoms with Crippen LogP contribution in [0.15, 0.2) is 36.4 Å². The molecular formula is C25H25F2NO4. The number of benzene rings is 2. The lowest BCUT2D eigenvalue weighted by molar-refractivity contribution is -0.149. The highest BCUT2D eigenvalue weighted by Crippen LogP contribution is 2.55. The van der Waals surface area contributed by atoms with E-state index >= 15 is 0 Å². The Morgan fingerprint density at radius 3 is 2.38 bits per heavy atom. The molecule has 0 bridgehead atoms. The van der Waals surface area contributed by atoms with Crippen molar-refractivity contribution < 1.29 is 28.5 Å². The summed E-state index contributed by atoms with van der Waals surface area (Å²) in [7, 11) is 0. The Morgan fingerprint density at radius 1 is 1.09 bits per heavy atom. The van der Waals surface area contributed by atoms with Crippen LogP contribution in [0, 0.1) is 17.6 Å². The van der Waals surface area contributed by atoms with E-state index in [0.29, 0.717) is 48.9 Å². The Bertz CT molecular complexity index is 1220. The van der Waals surface area contributed by atoms with Gasteiger partial charge in [-0.3, -0.25) is 4.79 Å².